The number of sulfonamides is 1. The SMILES string of the molecule is O=C(O)c1cccc(CS(=O)(=O)Nc2ncc(Br)s2)c1. The Morgan fingerprint density at radius 1 is 1.45 bits per heavy atom. The van der Waals surface area contributed by atoms with Crippen molar-refractivity contribution in [1.82, 2.24) is 4.98 Å². The molecule has 0 aliphatic carbocycles. The highest BCUT2D eigenvalue weighted by molar-refractivity contribution is 9.11. The predicted octanol–water partition coefficient (Wildman–Crippen LogP) is 2.55. The van der Waals surface area contributed by atoms with Crippen LogP contribution in [-0.4, -0.2) is 24.5 Å². The fourth-order valence-corrected chi connectivity index (χ4v) is 4.00. The lowest BCUT2D eigenvalue weighted by molar-refractivity contribution is 0.0696. The van der Waals surface area contributed by atoms with Crippen LogP contribution in [0, 0.1) is 0 Å². The molecule has 0 bridgehead atoms. The molecule has 0 amide bonds. The van der Waals surface area contributed by atoms with Crippen LogP contribution in [0.1, 0.15) is 15.9 Å². The number of thiazole rings is 1. The molecule has 1 aromatic carbocycles. The van der Waals surface area contributed by atoms with Crippen LogP contribution in [0.25, 0.3) is 0 Å². The minimum absolute atomic E-state index is 0.0506. The summed E-state index contributed by atoms with van der Waals surface area (Å²) in [5.41, 5.74) is 0.447. The minimum atomic E-state index is -3.63. The molecule has 6 nitrogen and oxygen atoms in total. The highest BCUT2D eigenvalue weighted by atomic mass is 79.9. The lowest BCUT2D eigenvalue weighted by Gasteiger charge is -2.05. The number of nitrogens with one attached hydrogen (secondary N) is 1. The van der Waals surface area contributed by atoms with E-state index in [0.717, 1.165) is 11.3 Å². The van der Waals surface area contributed by atoms with Gasteiger partial charge in [0.2, 0.25) is 10.0 Å². The Hall–Kier alpha value is -1.45. The van der Waals surface area contributed by atoms with E-state index in [2.05, 4.69) is 25.6 Å². The molecule has 0 atom stereocenters. The minimum Gasteiger partial charge on any atom is -0.478 e. The van der Waals surface area contributed by atoms with Gasteiger partial charge in [-0.25, -0.2) is 18.2 Å². The first-order valence-electron chi connectivity index (χ1n) is 5.30. The van der Waals surface area contributed by atoms with Crippen molar-refractivity contribution in [3.63, 3.8) is 0 Å². The van der Waals surface area contributed by atoms with Crippen LogP contribution in [0.3, 0.4) is 0 Å². The summed E-state index contributed by atoms with van der Waals surface area (Å²) < 4.78 is 27.0. The van der Waals surface area contributed by atoms with Gasteiger partial charge in [-0.1, -0.05) is 23.5 Å². The molecule has 2 aromatic rings. The number of nitrogens with zero attached hydrogens (tertiary/aromatic N) is 1. The molecule has 0 saturated carbocycles. The maximum Gasteiger partial charge on any atom is 0.335 e. The molecule has 0 unspecified atom stereocenters. The quantitative estimate of drug-likeness (QED) is 0.835. The van der Waals surface area contributed by atoms with Gasteiger partial charge in [0, 0.05) is 0 Å². The van der Waals surface area contributed by atoms with Crippen LogP contribution >= 0.6 is 27.3 Å². The second-order valence-electron chi connectivity index (χ2n) is 3.84. The first-order valence-corrected chi connectivity index (χ1v) is 8.56. The van der Waals surface area contributed by atoms with Crippen molar-refractivity contribution in [2.24, 2.45) is 0 Å². The molecule has 2 N–H and O–H groups in total. The Morgan fingerprint density at radius 3 is 2.80 bits per heavy atom. The second kappa shape index (κ2) is 5.90. The van der Waals surface area contributed by atoms with Crippen molar-refractivity contribution in [3.05, 3.63) is 45.4 Å². The molecule has 0 aliphatic heterocycles. The molecule has 0 saturated heterocycles. The standard InChI is InChI=1S/C11H9BrN2O4S2/c12-9-5-13-11(19-9)14-20(17,18)6-7-2-1-3-8(4-7)10(15)16/h1-5H,6H2,(H,13,14)(H,15,16). The van der Waals surface area contributed by atoms with Gasteiger partial charge in [0.05, 0.1) is 21.3 Å². The average molecular weight is 377 g/mol. The molecule has 9 heteroatoms. The second-order valence-corrected chi connectivity index (χ2v) is 7.97. The highest BCUT2D eigenvalue weighted by Gasteiger charge is 2.15. The maximum absolute atomic E-state index is 12.0. The van der Waals surface area contributed by atoms with E-state index < -0.39 is 16.0 Å². The number of aromatic carboxylic acids is 1. The van der Waals surface area contributed by atoms with Crippen LogP contribution in [0.5, 0.6) is 0 Å². The summed E-state index contributed by atoms with van der Waals surface area (Å²) in [5.74, 6) is -1.41. The van der Waals surface area contributed by atoms with E-state index >= 15 is 0 Å². The Kier molecular flexibility index (Phi) is 4.41. The number of benzene rings is 1. The number of anilines is 1. The van der Waals surface area contributed by atoms with E-state index in [1.165, 1.54) is 24.4 Å². The van der Waals surface area contributed by atoms with Crippen LogP contribution in [0.4, 0.5) is 5.13 Å². The van der Waals surface area contributed by atoms with Crippen LogP contribution in [0.2, 0.25) is 0 Å². The third-order valence-corrected chi connectivity index (χ3v) is 4.99. The fraction of sp³-hybridized carbons (Fsp3) is 0.0909. The topological polar surface area (TPSA) is 96.4 Å². The monoisotopic (exact) mass is 376 g/mol. The van der Waals surface area contributed by atoms with Gasteiger partial charge in [-0.05, 0) is 33.6 Å². The molecule has 106 valence electrons. The van der Waals surface area contributed by atoms with Gasteiger partial charge in [-0.3, -0.25) is 4.72 Å². The third kappa shape index (κ3) is 4.02. The molecule has 1 heterocycles. The molecular weight excluding hydrogens is 368 g/mol. The van der Waals surface area contributed by atoms with E-state index in [0.29, 0.717) is 9.35 Å². The normalized spacial score (nSPS) is 11.2. The number of hydrogen-bond acceptors (Lipinski definition) is 5. The number of carboxylic acid groups (broad SMARTS) is 1. The van der Waals surface area contributed by atoms with Gasteiger partial charge in [-0.2, -0.15) is 0 Å². The largest absolute Gasteiger partial charge is 0.478 e. The zero-order valence-electron chi connectivity index (χ0n) is 9.91. The van der Waals surface area contributed by atoms with Crippen molar-refractivity contribution >= 4 is 48.4 Å². The molecule has 0 aliphatic rings. The fourth-order valence-electron chi connectivity index (χ4n) is 1.48. The predicted molar refractivity (Wildman–Crippen MR) is 79.5 cm³/mol. The molecule has 2 rings (SSSR count). The van der Waals surface area contributed by atoms with E-state index in [9.17, 15) is 13.2 Å². The first-order chi connectivity index (χ1) is 9.35. The number of aromatic nitrogens is 1. The molecule has 0 radical (unpaired) electrons. The van der Waals surface area contributed by atoms with Crippen molar-refractivity contribution in [1.29, 1.82) is 0 Å². The lowest BCUT2D eigenvalue weighted by atomic mass is 10.1. The summed E-state index contributed by atoms with van der Waals surface area (Å²) in [6, 6.07) is 5.81. The zero-order valence-corrected chi connectivity index (χ0v) is 13.1. The van der Waals surface area contributed by atoms with Crippen molar-refractivity contribution in [2.75, 3.05) is 4.72 Å². The Bertz CT molecular complexity index is 742. The van der Waals surface area contributed by atoms with Crippen LogP contribution < -0.4 is 4.72 Å². The Labute approximate surface area is 127 Å². The summed E-state index contributed by atoms with van der Waals surface area (Å²) in [7, 11) is -3.63. The molecule has 0 fully saturated rings. The molecular formula is C11H9BrN2O4S2. The van der Waals surface area contributed by atoms with E-state index in [1.807, 2.05) is 0 Å². The van der Waals surface area contributed by atoms with Crippen molar-refractivity contribution in [2.45, 2.75) is 5.75 Å². The molecule has 0 spiro atoms. The van der Waals surface area contributed by atoms with E-state index in [4.69, 9.17) is 5.11 Å². The molecule has 1 aromatic heterocycles. The highest BCUT2D eigenvalue weighted by Crippen LogP contribution is 2.24. The summed E-state index contributed by atoms with van der Waals surface area (Å²) in [5, 5.41) is 9.12. The number of rotatable bonds is 5. The van der Waals surface area contributed by atoms with E-state index in [-0.39, 0.29) is 16.4 Å². The maximum atomic E-state index is 12.0. The summed E-state index contributed by atoms with van der Waals surface area (Å²) in [6.07, 6.45) is 1.49. The number of hydrogen-bond donors (Lipinski definition) is 2. The van der Waals surface area contributed by atoms with Gasteiger partial charge < -0.3 is 5.11 Å². The Morgan fingerprint density at radius 2 is 2.20 bits per heavy atom. The lowest BCUT2D eigenvalue weighted by Crippen LogP contribution is -2.15. The smallest absolute Gasteiger partial charge is 0.335 e. The zero-order chi connectivity index (χ0) is 14.8. The number of carboxylic acids is 1. The van der Waals surface area contributed by atoms with Crippen molar-refractivity contribution < 1.29 is 18.3 Å². The van der Waals surface area contributed by atoms with E-state index in [1.54, 1.807) is 6.07 Å². The first kappa shape index (κ1) is 14.9. The van der Waals surface area contributed by atoms with Gasteiger partial charge in [0.25, 0.3) is 0 Å². The number of carbonyl (C=O) groups is 1. The molecule has 20 heavy (non-hydrogen) atoms. The summed E-state index contributed by atoms with van der Waals surface area (Å²) in [6.45, 7) is 0. The van der Waals surface area contributed by atoms with Crippen LogP contribution in [0.15, 0.2) is 34.2 Å². The Balaban J connectivity index is 2.15. The van der Waals surface area contributed by atoms with Gasteiger partial charge in [0.1, 0.15) is 0 Å². The van der Waals surface area contributed by atoms with Gasteiger partial charge in [0.15, 0.2) is 5.13 Å². The average Bonchev–Trinajstić information content (AvgIpc) is 2.73. The summed E-state index contributed by atoms with van der Waals surface area (Å²) in [4.78, 5) is 14.7. The van der Waals surface area contributed by atoms with Gasteiger partial charge >= 0.3 is 5.97 Å². The van der Waals surface area contributed by atoms with Gasteiger partial charge in [-0.15, -0.1) is 0 Å². The van der Waals surface area contributed by atoms with Crippen molar-refractivity contribution in [3.8, 4) is 0 Å². The number of halogens is 1. The summed E-state index contributed by atoms with van der Waals surface area (Å²) >= 11 is 4.34. The third-order valence-electron chi connectivity index (χ3n) is 2.25. The van der Waals surface area contributed by atoms with Crippen LogP contribution in [-0.2, 0) is 15.8 Å².